The molecule has 0 bridgehead atoms. The maximum absolute atomic E-state index is 12.7. The molecular weight excluding hydrogens is 416 g/mol. The Balaban J connectivity index is 1.39. The van der Waals surface area contributed by atoms with Gasteiger partial charge in [0.1, 0.15) is 18.1 Å². The Morgan fingerprint density at radius 3 is 2.74 bits per heavy atom. The van der Waals surface area contributed by atoms with E-state index in [0.717, 1.165) is 28.3 Å². The van der Waals surface area contributed by atoms with Crippen molar-refractivity contribution in [3.8, 4) is 11.5 Å². The fraction of sp³-hybridized carbons (Fsp3) is 0.261. The van der Waals surface area contributed by atoms with Gasteiger partial charge < -0.3 is 14.8 Å². The third-order valence-electron chi connectivity index (χ3n) is 5.09. The molecule has 7 nitrogen and oxygen atoms in total. The zero-order valence-electron chi connectivity index (χ0n) is 17.4. The molecule has 0 aromatic heterocycles. The summed E-state index contributed by atoms with van der Waals surface area (Å²) in [6.07, 6.45) is 0.180. The largest absolute Gasteiger partial charge is 0.491 e. The number of ether oxygens (including phenoxy) is 2. The van der Waals surface area contributed by atoms with Crippen molar-refractivity contribution in [3.63, 3.8) is 0 Å². The third-order valence-corrected chi connectivity index (χ3v) is 6.23. The fourth-order valence-electron chi connectivity index (χ4n) is 3.58. The number of anilines is 1. The predicted octanol–water partition coefficient (Wildman–Crippen LogP) is 2.87. The van der Waals surface area contributed by atoms with E-state index in [2.05, 4.69) is 5.32 Å². The second-order valence-electron chi connectivity index (χ2n) is 7.49. The number of hydrogen-bond donors (Lipinski definition) is 1. The number of rotatable bonds is 6. The van der Waals surface area contributed by atoms with Gasteiger partial charge in [-0.2, -0.15) is 0 Å². The van der Waals surface area contributed by atoms with E-state index in [-0.39, 0.29) is 25.6 Å². The number of hydrogen-bond acceptors (Lipinski definition) is 5. The van der Waals surface area contributed by atoms with E-state index in [1.807, 2.05) is 55.5 Å². The van der Waals surface area contributed by atoms with Crippen LogP contribution in [0.1, 0.15) is 5.56 Å². The van der Waals surface area contributed by atoms with Gasteiger partial charge in [-0.3, -0.25) is 9.10 Å². The van der Waals surface area contributed by atoms with Crippen molar-refractivity contribution < 1.29 is 22.7 Å². The van der Waals surface area contributed by atoms with Crippen LogP contribution in [0, 0.1) is 6.92 Å². The van der Waals surface area contributed by atoms with Gasteiger partial charge in [-0.15, -0.1) is 0 Å². The summed E-state index contributed by atoms with van der Waals surface area (Å²) in [5.41, 5.74) is 1.36. The van der Waals surface area contributed by atoms with Crippen molar-refractivity contribution in [2.24, 2.45) is 0 Å². The molecule has 31 heavy (non-hydrogen) atoms. The van der Waals surface area contributed by atoms with Gasteiger partial charge in [-0.1, -0.05) is 42.5 Å². The highest BCUT2D eigenvalue weighted by Crippen LogP contribution is 2.35. The van der Waals surface area contributed by atoms with E-state index in [1.165, 1.54) is 4.31 Å². The molecule has 1 atom stereocenters. The van der Waals surface area contributed by atoms with Crippen LogP contribution in [0.3, 0.4) is 0 Å². The molecule has 0 fully saturated rings. The van der Waals surface area contributed by atoms with Crippen LogP contribution >= 0.6 is 0 Å². The first-order valence-electron chi connectivity index (χ1n) is 9.96. The van der Waals surface area contributed by atoms with Gasteiger partial charge in [0.05, 0.1) is 25.0 Å². The maximum Gasteiger partial charge on any atom is 0.263 e. The van der Waals surface area contributed by atoms with Crippen LogP contribution in [0.2, 0.25) is 0 Å². The predicted molar refractivity (Wildman–Crippen MR) is 120 cm³/mol. The van der Waals surface area contributed by atoms with Crippen LogP contribution in [-0.4, -0.2) is 46.4 Å². The van der Waals surface area contributed by atoms with E-state index < -0.39 is 16.1 Å². The van der Waals surface area contributed by atoms with Crippen molar-refractivity contribution in [3.05, 3.63) is 66.2 Å². The molecule has 0 saturated heterocycles. The molecule has 162 valence electrons. The van der Waals surface area contributed by atoms with Gasteiger partial charge in [0.25, 0.3) is 5.91 Å². The summed E-state index contributed by atoms with van der Waals surface area (Å²) in [6.45, 7) is 2.33. The van der Waals surface area contributed by atoms with Crippen LogP contribution in [-0.2, 0) is 14.8 Å². The van der Waals surface area contributed by atoms with Crippen LogP contribution in [0.4, 0.5) is 5.69 Å². The van der Waals surface area contributed by atoms with Crippen molar-refractivity contribution in [1.82, 2.24) is 5.32 Å². The topological polar surface area (TPSA) is 84.9 Å². The Bertz CT molecular complexity index is 1220. The van der Waals surface area contributed by atoms with E-state index in [1.54, 1.807) is 12.1 Å². The van der Waals surface area contributed by atoms with Crippen molar-refractivity contribution in [2.75, 3.05) is 30.3 Å². The standard InChI is InChI=1S/C23H24N2O5S/c1-16-10-11-21-19(14-16)25(31(2,27)28)15-22(30-21)23(26)24-12-13-29-20-9-5-7-17-6-3-4-8-18(17)20/h3-11,14,22H,12-13,15H2,1-2H3,(H,24,26)/t22-/m0/s1. The molecule has 3 aromatic rings. The minimum absolute atomic E-state index is 0.0781. The lowest BCUT2D eigenvalue weighted by atomic mass is 10.1. The summed E-state index contributed by atoms with van der Waals surface area (Å²) >= 11 is 0. The van der Waals surface area contributed by atoms with Crippen molar-refractivity contribution in [1.29, 1.82) is 0 Å². The summed E-state index contributed by atoms with van der Waals surface area (Å²) in [4.78, 5) is 12.7. The molecule has 0 unspecified atom stereocenters. The lowest BCUT2D eigenvalue weighted by Crippen LogP contribution is -2.51. The first-order valence-corrected chi connectivity index (χ1v) is 11.8. The molecule has 1 N–H and O–H groups in total. The van der Waals surface area contributed by atoms with Gasteiger partial charge in [0.15, 0.2) is 6.10 Å². The van der Waals surface area contributed by atoms with E-state index >= 15 is 0 Å². The summed E-state index contributed by atoms with van der Waals surface area (Å²) in [5.74, 6) is 0.727. The highest BCUT2D eigenvalue weighted by molar-refractivity contribution is 7.92. The number of aryl methyl sites for hydroxylation is 1. The molecular formula is C23H24N2O5S. The monoisotopic (exact) mass is 440 g/mol. The summed E-state index contributed by atoms with van der Waals surface area (Å²) in [5, 5.41) is 4.86. The highest BCUT2D eigenvalue weighted by atomic mass is 32.2. The molecule has 0 spiro atoms. The molecule has 1 aliphatic heterocycles. The zero-order chi connectivity index (χ0) is 22.0. The second-order valence-corrected chi connectivity index (χ2v) is 9.40. The van der Waals surface area contributed by atoms with Crippen LogP contribution in [0.25, 0.3) is 10.8 Å². The smallest absolute Gasteiger partial charge is 0.263 e. The van der Waals surface area contributed by atoms with Crippen LogP contribution < -0.4 is 19.1 Å². The van der Waals surface area contributed by atoms with Gasteiger partial charge >= 0.3 is 0 Å². The van der Waals surface area contributed by atoms with E-state index in [9.17, 15) is 13.2 Å². The molecule has 0 saturated carbocycles. The number of sulfonamides is 1. The molecule has 1 amide bonds. The number of benzene rings is 3. The number of nitrogens with one attached hydrogen (secondary N) is 1. The minimum Gasteiger partial charge on any atom is -0.491 e. The fourth-order valence-corrected chi connectivity index (χ4v) is 4.49. The molecule has 0 aliphatic carbocycles. The minimum atomic E-state index is -3.56. The second kappa shape index (κ2) is 8.47. The Morgan fingerprint density at radius 1 is 1.16 bits per heavy atom. The summed E-state index contributed by atoms with van der Waals surface area (Å²) < 4.78 is 37.4. The van der Waals surface area contributed by atoms with Crippen molar-refractivity contribution in [2.45, 2.75) is 13.0 Å². The number of carbonyl (C=O) groups excluding carboxylic acids is 1. The lowest BCUT2D eigenvalue weighted by molar-refractivity contribution is -0.127. The molecule has 3 aromatic carbocycles. The highest BCUT2D eigenvalue weighted by Gasteiger charge is 2.34. The Labute approximate surface area is 181 Å². The normalized spacial score (nSPS) is 15.8. The lowest BCUT2D eigenvalue weighted by Gasteiger charge is -2.34. The number of fused-ring (bicyclic) bond motifs is 2. The Hall–Kier alpha value is -3.26. The molecule has 8 heteroatoms. The average Bonchev–Trinajstić information content (AvgIpc) is 2.75. The SMILES string of the molecule is Cc1ccc2c(c1)N(S(C)(=O)=O)C[C@@H](C(=O)NCCOc1cccc3ccccc13)O2. The summed E-state index contributed by atoms with van der Waals surface area (Å²) in [7, 11) is -3.56. The van der Waals surface area contributed by atoms with Gasteiger partial charge in [0.2, 0.25) is 10.0 Å². The van der Waals surface area contributed by atoms with Gasteiger partial charge in [-0.25, -0.2) is 8.42 Å². The molecule has 1 heterocycles. The quantitative estimate of drug-likeness (QED) is 0.596. The molecule has 0 radical (unpaired) electrons. The van der Waals surface area contributed by atoms with Crippen LogP contribution in [0.5, 0.6) is 11.5 Å². The van der Waals surface area contributed by atoms with Gasteiger partial charge in [-0.05, 0) is 36.1 Å². The van der Waals surface area contributed by atoms with Gasteiger partial charge in [0, 0.05) is 5.39 Å². The Morgan fingerprint density at radius 2 is 1.94 bits per heavy atom. The Kier molecular flexibility index (Phi) is 5.73. The molecule has 4 rings (SSSR count). The first-order chi connectivity index (χ1) is 14.8. The van der Waals surface area contributed by atoms with E-state index in [0.29, 0.717) is 11.4 Å². The van der Waals surface area contributed by atoms with Crippen LogP contribution in [0.15, 0.2) is 60.7 Å². The maximum atomic E-state index is 12.7. The first kappa shape index (κ1) is 21.0. The number of carbonyl (C=O) groups is 1. The third kappa shape index (κ3) is 4.59. The average molecular weight is 441 g/mol. The zero-order valence-corrected chi connectivity index (χ0v) is 18.2. The molecule has 1 aliphatic rings. The van der Waals surface area contributed by atoms with Crippen molar-refractivity contribution >= 4 is 32.4 Å². The number of nitrogens with zero attached hydrogens (tertiary/aromatic N) is 1. The summed E-state index contributed by atoms with van der Waals surface area (Å²) in [6, 6.07) is 19.0. The number of amides is 1. The van der Waals surface area contributed by atoms with E-state index in [4.69, 9.17) is 9.47 Å².